The number of hydrogen-bond donors (Lipinski definition) is 0. The summed E-state index contributed by atoms with van der Waals surface area (Å²) in [6.07, 6.45) is 6.06. The lowest BCUT2D eigenvalue weighted by atomic mass is 9.95. The van der Waals surface area contributed by atoms with Gasteiger partial charge in [-0.25, -0.2) is 4.68 Å². The first-order valence-corrected chi connectivity index (χ1v) is 9.56. The number of ether oxygens (including phenoxy) is 1. The van der Waals surface area contributed by atoms with Gasteiger partial charge in [-0.1, -0.05) is 0 Å². The fourth-order valence-corrected chi connectivity index (χ4v) is 3.82. The van der Waals surface area contributed by atoms with Crippen LogP contribution in [0.15, 0.2) is 41.5 Å². The fraction of sp³-hybridized carbons (Fsp3) is 0.500. The number of hydrogen-bond acceptors (Lipinski definition) is 5. The van der Waals surface area contributed by atoms with Crippen LogP contribution in [-0.2, 0) is 16.1 Å². The minimum absolute atomic E-state index is 0.0304. The molecule has 7 nitrogen and oxygen atoms in total. The summed E-state index contributed by atoms with van der Waals surface area (Å²) in [4.78, 5) is 30.7. The number of piperidine rings is 1. The average molecular weight is 368 g/mol. The Hall–Kier alpha value is -2.54. The van der Waals surface area contributed by atoms with Gasteiger partial charge in [0, 0.05) is 50.3 Å². The normalized spacial score (nSPS) is 20.7. The third-order valence-corrected chi connectivity index (χ3v) is 5.48. The monoisotopic (exact) mass is 368 g/mol. The van der Waals surface area contributed by atoms with Crippen molar-refractivity contribution in [3.05, 3.63) is 47.0 Å². The van der Waals surface area contributed by atoms with Crippen LogP contribution in [0.25, 0.3) is 11.3 Å². The molecule has 2 fully saturated rings. The minimum atomic E-state index is -0.0885. The molecule has 142 valence electrons. The molecule has 1 amide bonds. The van der Waals surface area contributed by atoms with Crippen LogP contribution in [0, 0.1) is 11.8 Å². The zero-order chi connectivity index (χ0) is 18.6. The number of pyridine rings is 1. The Bertz CT molecular complexity index is 838. The maximum atomic E-state index is 12.5. The van der Waals surface area contributed by atoms with Gasteiger partial charge in [0.05, 0.1) is 18.2 Å². The van der Waals surface area contributed by atoms with Gasteiger partial charge in [-0.15, -0.1) is 0 Å². The van der Waals surface area contributed by atoms with Crippen molar-refractivity contribution in [1.82, 2.24) is 19.7 Å². The van der Waals surface area contributed by atoms with Gasteiger partial charge < -0.3 is 9.64 Å². The highest BCUT2D eigenvalue weighted by Crippen LogP contribution is 2.23. The van der Waals surface area contributed by atoms with Crippen molar-refractivity contribution < 1.29 is 9.53 Å². The molecule has 4 rings (SSSR count). The molecule has 0 bridgehead atoms. The first kappa shape index (κ1) is 17.9. The predicted molar refractivity (Wildman–Crippen MR) is 100.0 cm³/mol. The largest absolute Gasteiger partial charge is 0.381 e. The number of nitrogens with zero attached hydrogens (tertiary/aromatic N) is 4. The van der Waals surface area contributed by atoms with Crippen molar-refractivity contribution in [2.24, 2.45) is 11.8 Å². The van der Waals surface area contributed by atoms with E-state index >= 15 is 0 Å². The number of aromatic nitrogens is 3. The molecule has 0 spiro atoms. The number of rotatable bonds is 4. The van der Waals surface area contributed by atoms with Gasteiger partial charge in [0.15, 0.2) is 0 Å². The second-order valence-corrected chi connectivity index (χ2v) is 7.30. The number of carbonyl (C=O) groups is 1. The van der Waals surface area contributed by atoms with Gasteiger partial charge in [0.1, 0.15) is 0 Å². The summed E-state index contributed by atoms with van der Waals surface area (Å²) in [6.45, 7) is 3.33. The van der Waals surface area contributed by atoms with Crippen molar-refractivity contribution in [1.29, 1.82) is 0 Å². The molecule has 1 unspecified atom stereocenters. The van der Waals surface area contributed by atoms with Crippen LogP contribution < -0.4 is 5.56 Å². The third-order valence-electron chi connectivity index (χ3n) is 5.48. The van der Waals surface area contributed by atoms with Crippen LogP contribution in [0.1, 0.15) is 19.3 Å². The summed E-state index contributed by atoms with van der Waals surface area (Å²) in [6, 6.07) is 7.09. The van der Waals surface area contributed by atoms with E-state index < -0.39 is 0 Å². The number of likely N-dealkylation sites (tertiary alicyclic amines) is 1. The zero-order valence-corrected chi connectivity index (χ0v) is 15.3. The summed E-state index contributed by atoms with van der Waals surface area (Å²) in [7, 11) is 0. The maximum absolute atomic E-state index is 12.5. The Morgan fingerprint density at radius 2 is 1.89 bits per heavy atom. The lowest BCUT2D eigenvalue weighted by Gasteiger charge is -2.33. The van der Waals surface area contributed by atoms with E-state index in [9.17, 15) is 9.59 Å². The molecule has 0 N–H and O–H groups in total. The molecule has 0 radical (unpaired) electrons. The minimum Gasteiger partial charge on any atom is -0.381 e. The van der Waals surface area contributed by atoms with E-state index in [1.807, 2.05) is 17.0 Å². The SMILES string of the molecule is O=C(C1CCOC1)N1CCC(Cn2nc(-c3ccncc3)ccc2=O)CC1. The molecule has 2 aliphatic heterocycles. The second-order valence-electron chi connectivity index (χ2n) is 7.30. The van der Waals surface area contributed by atoms with E-state index in [-0.39, 0.29) is 17.4 Å². The molecule has 4 heterocycles. The van der Waals surface area contributed by atoms with E-state index in [1.54, 1.807) is 29.2 Å². The van der Waals surface area contributed by atoms with E-state index in [2.05, 4.69) is 10.1 Å². The lowest BCUT2D eigenvalue weighted by molar-refractivity contribution is -0.137. The lowest BCUT2D eigenvalue weighted by Crippen LogP contribution is -2.43. The highest BCUT2D eigenvalue weighted by Gasteiger charge is 2.30. The summed E-state index contributed by atoms with van der Waals surface area (Å²) < 4.78 is 6.89. The van der Waals surface area contributed by atoms with Crippen LogP contribution in [0.4, 0.5) is 0 Å². The quantitative estimate of drug-likeness (QED) is 0.819. The highest BCUT2D eigenvalue weighted by atomic mass is 16.5. The molecule has 2 aliphatic rings. The smallest absolute Gasteiger partial charge is 0.266 e. The summed E-state index contributed by atoms with van der Waals surface area (Å²) >= 11 is 0. The summed E-state index contributed by atoms with van der Waals surface area (Å²) in [5.41, 5.74) is 1.62. The molecule has 0 aliphatic carbocycles. The fourth-order valence-electron chi connectivity index (χ4n) is 3.82. The van der Waals surface area contributed by atoms with Crippen molar-refractivity contribution in [2.75, 3.05) is 26.3 Å². The first-order chi connectivity index (χ1) is 13.2. The van der Waals surface area contributed by atoms with Crippen LogP contribution >= 0.6 is 0 Å². The molecule has 2 saturated heterocycles. The van der Waals surface area contributed by atoms with Crippen LogP contribution in [-0.4, -0.2) is 51.9 Å². The Kier molecular flexibility index (Phi) is 5.29. The van der Waals surface area contributed by atoms with Crippen molar-refractivity contribution in [3.63, 3.8) is 0 Å². The van der Waals surface area contributed by atoms with Crippen molar-refractivity contribution in [2.45, 2.75) is 25.8 Å². The van der Waals surface area contributed by atoms with Crippen molar-refractivity contribution >= 4 is 5.91 Å². The Balaban J connectivity index is 1.39. The number of carbonyl (C=O) groups excluding carboxylic acids is 1. The van der Waals surface area contributed by atoms with Gasteiger partial charge >= 0.3 is 0 Å². The van der Waals surface area contributed by atoms with Crippen LogP contribution in [0.5, 0.6) is 0 Å². The van der Waals surface area contributed by atoms with Crippen LogP contribution in [0.2, 0.25) is 0 Å². The third kappa shape index (κ3) is 4.08. The molecule has 0 saturated carbocycles. The molecular weight excluding hydrogens is 344 g/mol. The Morgan fingerprint density at radius 3 is 2.59 bits per heavy atom. The standard InChI is InChI=1S/C20H24N4O3/c25-19-2-1-18(16-3-8-21-9-4-16)22-24(19)13-15-5-10-23(11-6-15)20(26)17-7-12-27-14-17/h1-4,8-9,15,17H,5-7,10-14H2. The zero-order valence-electron chi connectivity index (χ0n) is 15.3. The van der Waals surface area contributed by atoms with Gasteiger partial charge in [-0.3, -0.25) is 14.6 Å². The predicted octanol–water partition coefficient (Wildman–Crippen LogP) is 1.58. The van der Waals surface area contributed by atoms with Gasteiger partial charge in [-0.2, -0.15) is 5.10 Å². The van der Waals surface area contributed by atoms with Crippen LogP contribution in [0.3, 0.4) is 0 Å². The summed E-state index contributed by atoms with van der Waals surface area (Å²) in [5, 5.41) is 4.53. The second kappa shape index (κ2) is 8.00. The van der Waals surface area contributed by atoms with Crippen molar-refractivity contribution in [3.8, 4) is 11.3 Å². The molecule has 27 heavy (non-hydrogen) atoms. The van der Waals surface area contributed by atoms with Gasteiger partial charge in [0.2, 0.25) is 5.91 Å². The van der Waals surface area contributed by atoms with Gasteiger partial charge in [0.25, 0.3) is 5.56 Å². The van der Waals surface area contributed by atoms with E-state index in [0.29, 0.717) is 25.7 Å². The van der Waals surface area contributed by atoms with E-state index in [4.69, 9.17) is 4.74 Å². The molecule has 2 aromatic rings. The molecular formula is C20H24N4O3. The maximum Gasteiger partial charge on any atom is 0.266 e. The van der Waals surface area contributed by atoms with E-state index in [1.165, 1.54) is 0 Å². The van der Waals surface area contributed by atoms with Gasteiger partial charge in [-0.05, 0) is 43.4 Å². The Morgan fingerprint density at radius 1 is 1.11 bits per heavy atom. The highest BCUT2D eigenvalue weighted by molar-refractivity contribution is 5.79. The Labute approximate surface area is 158 Å². The summed E-state index contributed by atoms with van der Waals surface area (Å²) in [5.74, 6) is 0.607. The first-order valence-electron chi connectivity index (χ1n) is 9.56. The average Bonchev–Trinajstić information content (AvgIpc) is 3.25. The molecule has 2 aromatic heterocycles. The number of amides is 1. The molecule has 7 heteroatoms. The molecule has 0 aromatic carbocycles. The molecule has 1 atom stereocenters. The van der Waals surface area contributed by atoms with E-state index in [0.717, 1.165) is 43.6 Å². The topological polar surface area (TPSA) is 77.3 Å².